The Balaban J connectivity index is 3.44. The lowest BCUT2D eigenvalue weighted by Crippen LogP contribution is -1.94. The highest BCUT2D eigenvalue weighted by molar-refractivity contribution is 4.95. The Labute approximate surface area is 65.3 Å². The second-order valence-corrected chi connectivity index (χ2v) is 3.95. The first kappa shape index (κ1) is 9.74. The highest BCUT2D eigenvalue weighted by Gasteiger charge is 2.00. The molecule has 0 aliphatic carbocycles. The fourth-order valence-electron chi connectivity index (χ4n) is 1.24. The zero-order valence-electron chi connectivity index (χ0n) is 7.78. The summed E-state index contributed by atoms with van der Waals surface area (Å²) in [6.45, 7) is 13.0. The van der Waals surface area contributed by atoms with Gasteiger partial charge < -0.3 is 0 Å². The van der Waals surface area contributed by atoms with Crippen LogP contribution < -0.4 is 0 Å². The van der Waals surface area contributed by atoms with Crippen LogP contribution in [0.2, 0.25) is 0 Å². The van der Waals surface area contributed by atoms with Gasteiger partial charge >= 0.3 is 0 Å². The lowest BCUT2D eigenvalue weighted by Gasteiger charge is -2.09. The smallest absolute Gasteiger partial charge is 0.0300 e. The van der Waals surface area contributed by atoms with Gasteiger partial charge in [0.1, 0.15) is 0 Å². The number of hydrogen-bond acceptors (Lipinski definition) is 0. The Morgan fingerprint density at radius 1 is 1.00 bits per heavy atom. The van der Waals surface area contributed by atoms with E-state index in [-0.39, 0.29) is 0 Å². The standard InChI is InChI=1S/C10H20/c1-8(2)6-10(5)7-9(3)4/h8-9H,5-7H2,1-4H3. The van der Waals surface area contributed by atoms with Crippen LogP contribution >= 0.6 is 0 Å². The van der Waals surface area contributed by atoms with E-state index in [4.69, 9.17) is 0 Å². The number of allylic oxidation sites excluding steroid dienone is 1. The molecule has 0 saturated carbocycles. The van der Waals surface area contributed by atoms with E-state index in [0.29, 0.717) is 0 Å². The largest absolute Gasteiger partial charge is 0.0998 e. The molecule has 0 aliphatic heterocycles. The van der Waals surface area contributed by atoms with Crippen LogP contribution in [0.4, 0.5) is 0 Å². The lowest BCUT2D eigenvalue weighted by molar-refractivity contribution is 0.573. The van der Waals surface area contributed by atoms with Crippen molar-refractivity contribution in [2.45, 2.75) is 40.5 Å². The Morgan fingerprint density at radius 3 is 1.50 bits per heavy atom. The van der Waals surface area contributed by atoms with Gasteiger partial charge in [-0.05, 0) is 24.7 Å². The molecule has 10 heavy (non-hydrogen) atoms. The number of rotatable bonds is 4. The average Bonchev–Trinajstić information content (AvgIpc) is 1.58. The number of hydrogen-bond donors (Lipinski definition) is 0. The van der Waals surface area contributed by atoms with Gasteiger partial charge in [0.05, 0.1) is 0 Å². The van der Waals surface area contributed by atoms with Crippen molar-refractivity contribution >= 4 is 0 Å². The van der Waals surface area contributed by atoms with E-state index < -0.39 is 0 Å². The van der Waals surface area contributed by atoms with Crippen molar-refractivity contribution in [1.82, 2.24) is 0 Å². The molecule has 0 aromatic rings. The van der Waals surface area contributed by atoms with E-state index in [1.165, 1.54) is 18.4 Å². The van der Waals surface area contributed by atoms with Gasteiger partial charge in [-0.1, -0.05) is 39.8 Å². The summed E-state index contributed by atoms with van der Waals surface area (Å²) in [5.74, 6) is 1.54. The Kier molecular flexibility index (Phi) is 4.42. The predicted octanol–water partition coefficient (Wildman–Crippen LogP) is 3.63. The van der Waals surface area contributed by atoms with E-state index >= 15 is 0 Å². The molecular formula is C10H20. The molecule has 0 rings (SSSR count). The zero-order chi connectivity index (χ0) is 8.15. The molecule has 0 atom stereocenters. The van der Waals surface area contributed by atoms with Crippen LogP contribution in [0.5, 0.6) is 0 Å². The van der Waals surface area contributed by atoms with Gasteiger partial charge in [0.25, 0.3) is 0 Å². The van der Waals surface area contributed by atoms with E-state index in [1.54, 1.807) is 0 Å². The molecular weight excluding hydrogens is 120 g/mol. The van der Waals surface area contributed by atoms with Gasteiger partial charge in [0.15, 0.2) is 0 Å². The highest BCUT2D eigenvalue weighted by atomic mass is 14.1. The maximum absolute atomic E-state index is 4.04. The van der Waals surface area contributed by atoms with Crippen LogP contribution in [-0.4, -0.2) is 0 Å². The Bertz CT molecular complexity index is 86.6. The second kappa shape index (κ2) is 4.54. The van der Waals surface area contributed by atoms with E-state index in [1.807, 2.05) is 0 Å². The van der Waals surface area contributed by atoms with Crippen LogP contribution in [0.1, 0.15) is 40.5 Å². The third-order valence-electron chi connectivity index (χ3n) is 1.39. The molecule has 0 amide bonds. The van der Waals surface area contributed by atoms with Crippen LogP contribution in [0.3, 0.4) is 0 Å². The monoisotopic (exact) mass is 140 g/mol. The molecule has 0 bridgehead atoms. The molecule has 0 heterocycles. The molecule has 0 spiro atoms. The van der Waals surface area contributed by atoms with Gasteiger partial charge in [-0.3, -0.25) is 0 Å². The average molecular weight is 140 g/mol. The molecule has 0 heteroatoms. The zero-order valence-corrected chi connectivity index (χ0v) is 7.78. The molecule has 0 unspecified atom stereocenters. The van der Waals surface area contributed by atoms with Crippen molar-refractivity contribution in [3.05, 3.63) is 12.2 Å². The first-order valence-electron chi connectivity index (χ1n) is 4.19. The van der Waals surface area contributed by atoms with Gasteiger partial charge in [-0.25, -0.2) is 0 Å². The van der Waals surface area contributed by atoms with Crippen LogP contribution in [0.25, 0.3) is 0 Å². The fraction of sp³-hybridized carbons (Fsp3) is 0.800. The van der Waals surface area contributed by atoms with Gasteiger partial charge in [0, 0.05) is 0 Å². The minimum atomic E-state index is 0.770. The highest BCUT2D eigenvalue weighted by Crippen LogP contribution is 2.16. The van der Waals surface area contributed by atoms with Crippen molar-refractivity contribution in [1.29, 1.82) is 0 Å². The van der Waals surface area contributed by atoms with E-state index in [9.17, 15) is 0 Å². The topological polar surface area (TPSA) is 0 Å². The van der Waals surface area contributed by atoms with E-state index in [2.05, 4.69) is 34.3 Å². The minimum Gasteiger partial charge on any atom is -0.0998 e. The third-order valence-corrected chi connectivity index (χ3v) is 1.39. The van der Waals surface area contributed by atoms with E-state index in [0.717, 1.165) is 11.8 Å². The molecule has 0 aromatic heterocycles. The van der Waals surface area contributed by atoms with Crippen molar-refractivity contribution in [3.8, 4) is 0 Å². The summed E-state index contributed by atoms with van der Waals surface area (Å²) in [4.78, 5) is 0. The lowest BCUT2D eigenvalue weighted by atomic mass is 9.97. The van der Waals surface area contributed by atoms with Crippen molar-refractivity contribution in [3.63, 3.8) is 0 Å². The van der Waals surface area contributed by atoms with Crippen molar-refractivity contribution in [2.24, 2.45) is 11.8 Å². The normalized spacial score (nSPS) is 11.0. The third kappa shape index (κ3) is 5.87. The van der Waals surface area contributed by atoms with Crippen LogP contribution in [0.15, 0.2) is 12.2 Å². The van der Waals surface area contributed by atoms with Crippen molar-refractivity contribution in [2.75, 3.05) is 0 Å². The first-order valence-corrected chi connectivity index (χ1v) is 4.19. The second-order valence-electron chi connectivity index (χ2n) is 3.95. The summed E-state index contributed by atoms with van der Waals surface area (Å²) in [5, 5.41) is 0. The SMILES string of the molecule is C=C(CC(C)C)CC(C)C. The summed E-state index contributed by atoms with van der Waals surface area (Å²) < 4.78 is 0. The first-order chi connectivity index (χ1) is 4.52. The maximum atomic E-state index is 4.04. The van der Waals surface area contributed by atoms with Crippen molar-refractivity contribution < 1.29 is 0 Å². The van der Waals surface area contributed by atoms with Gasteiger partial charge in [-0.15, -0.1) is 0 Å². The predicted molar refractivity (Wildman–Crippen MR) is 48.1 cm³/mol. The van der Waals surface area contributed by atoms with Gasteiger partial charge in [0.2, 0.25) is 0 Å². The summed E-state index contributed by atoms with van der Waals surface area (Å²) in [7, 11) is 0. The maximum Gasteiger partial charge on any atom is -0.0300 e. The summed E-state index contributed by atoms with van der Waals surface area (Å²) >= 11 is 0. The summed E-state index contributed by atoms with van der Waals surface area (Å²) in [6.07, 6.45) is 2.39. The Hall–Kier alpha value is -0.260. The van der Waals surface area contributed by atoms with Crippen LogP contribution in [0, 0.1) is 11.8 Å². The minimum absolute atomic E-state index is 0.770. The molecule has 0 radical (unpaired) electrons. The molecule has 0 nitrogen and oxygen atoms in total. The fourth-order valence-corrected chi connectivity index (χ4v) is 1.24. The summed E-state index contributed by atoms with van der Waals surface area (Å²) in [5.41, 5.74) is 1.41. The molecule has 0 saturated heterocycles. The molecule has 0 N–H and O–H groups in total. The molecule has 0 aliphatic rings. The Morgan fingerprint density at radius 2 is 1.30 bits per heavy atom. The molecule has 60 valence electrons. The molecule has 0 fully saturated rings. The quantitative estimate of drug-likeness (QED) is 0.523. The van der Waals surface area contributed by atoms with Gasteiger partial charge in [-0.2, -0.15) is 0 Å². The molecule has 0 aromatic carbocycles. The van der Waals surface area contributed by atoms with Crippen LogP contribution in [-0.2, 0) is 0 Å². The summed E-state index contributed by atoms with van der Waals surface area (Å²) in [6, 6.07) is 0.